The van der Waals surface area contributed by atoms with Crippen LogP contribution in [0.5, 0.6) is 0 Å². The first kappa shape index (κ1) is 27.6. The lowest BCUT2D eigenvalue weighted by Crippen LogP contribution is -2.22. The van der Waals surface area contributed by atoms with E-state index in [1.165, 1.54) is 0 Å². The molecule has 164 valence electrons. The summed E-state index contributed by atoms with van der Waals surface area (Å²) in [7, 11) is -8.88. The van der Waals surface area contributed by atoms with E-state index >= 15 is 0 Å². The first-order valence-electron chi connectivity index (χ1n) is 9.22. The standard InChI is InChI=1S/C16H36O8P2S/c1-15(2,23-25(17,18)19)11-7-5-9-13-27-14-10-6-8-12-16(3,4)24-26(20,21)22/h5-14H2,1-4H3,(H2,17,18,19)(H2,20,21,22). The summed E-state index contributed by atoms with van der Waals surface area (Å²) in [6.45, 7) is 6.75. The Labute approximate surface area is 167 Å². The Balaban J connectivity index is 3.58. The summed E-state index contributed by atoms with van der Waals surface area (Å²) in [5, 5.41) is 0. The molecule has 0 bridgehead atoms. The van der Waals surface area contributed by atoms with Gasteiger partial charge in [-0.15, -0.1) is 0 Å². The molecule has 0 unspecified atom stereocenters. The molecule has 0 aromatic rings. The third kappa shape index (κ3) is 19.7. The van der Waals surface area contributed by atoms with E-state index in [9.17, 15) is 9.13 Å². The Bertz CT molecular complexity index is 457. The van der Waals surface area contributed by atoms with Crippen molar-refractivity contribution in [2.45, 2.75) is 90.3 Å². The summed E-state index contributed by atoms with van der Waals surface area (Å²) in [5.41, 5.74) is -1.63. The Morgan fingerprint density at radius 2 is 1.00 bits per heavy atom. The van der Waals surface area contributed by atoms with E-state index < -0.39 is 26.8 Å². The van der Waals surface area contributed by atoms with Crippen molar-refractivity contribution in [3.63, 3.8) is 0 Å². The van der Waals surface area contributed by atoms with Crippen molar-refractivity contribution in [1.82, 2.24) is 0 Å². The van der Waals surface area contributed by atoms with Gasteiger partial charge in [-0.1, -0.05) is 25.7 Å². The topological polar surface area (TPSA) is 134 Å². The van der Waals surface area contributed by atoms with E-state index in [-0.39, 0.29) is 0 Å². The number of hydrogen-bond acceptors (Lipinski definition) is 5. The molecule has 0 saturated heterocycles. The number of rotatable bonds is 16. The van der Waals surface area contributed by atoms with E-state index in [0.717, 1.165) is 50.0 Å². The summed E-state index contributed by atoms with van der Waals surface area (Å²) in [6, 6.07) is 0. The Hall–Kier alpha value is 0.570. The lowest BCUT2D eigenvalue weighted by atomic mass is 10.0. The second-order valence-electron chi connectivity index (χ2n) is 7.92. The van der Waals surface area contributed by atoms with Crippen molar-refractivity contribution in [1.29, 1.82) is 0 Å². The normalized spacial score (nSPS) is 13.9. The second-order valence-corrected chi connectivity index (χ2v) is 11.5. The zero-order chi connectivity index (χ0) is 21.2. The molecule has 0 aliphatic carbocycles. The highest BCUT2D eigenvalue weighted by molar-refractivity contribution is 7.99. The van der Waals surface area contributed by atoms with E-state index in [0.29, 0.717) is 12.8 Å². The van der Waals surface area contributed by atoms with Crippen molar-refractivity contribution in [3.05, 3.63) is 0 Å². The smallest absolute Gasteiger partial charge is 0.303 e. The van der Waals surface area contributed by atoms with Crippen LogP contribution < -0.4 is 0 Å². The molecule has 4 N–H and O–H groups in total. The van der Waals surface area contributed by atoms with Crippen molar-refractivity contribution in [3.8, 4) is 0 Å². The van der Waals surface area contributed by atoms with Gasteiger partial charge in [0.1, 0.15) is 0 Å². The molecule has 0 saturated carbocycles. The number of hydrogen-bond donors (Lipinski definition) is 4. The van der Waals surface area contributed by atoms with Gasteiger partial charge in [0, 0.05) is 0 Å². The molecule has 27 heavy (non-hydrogen) atoms. The monoisotopic (exact) mass is 450 g/mol. The van der Waals surface area contributed by atoms with Gasteiger partial charge in [-0.25, -0.2) is 9.13 Å². The van der Waals surface area contributed by atoms with Crippen LogP contribution in [-0.4, -0.2) is 42.3 Å². The van der Waals surface area contributed by atoms with Crippen LogP contribution in [0.4, 0.5) is 0 Å². The Morgan fingerprint density at radius 3 is 1.30 bits per heavy atom. The van der Waals surface area contributed by atoms with Crippen molar-refractivity contribution < 1.29 is 37.8 Å². The van der Waals surface area contributed by atoms with Gasteiger partial charge in [0.25, 0.3) is 0 Å². The van der Waals surface area contributed by atoms with E-state index in [4.69, 9.17) is 28.6 Å². The maximum absolute atomic E-state index is 10.9. The van der Waals surface area contributed by atoms with Crippen LogP contribution >= 0.6 is 27.4 Å². The summed E-state index contributed by atoms with van der Waals surface area (Å²) in [5.74, 6) is 2.10. The van der Waals surface area contributed by atoms with Gasteiger partial charge >= 0.3 is 15.6 Å². The number of phosphoric ester groups is 2. The lowest BCUT2D eigenvalue weighted by molar-refractivity contribution is 0.0544. The summed E-state index contributed by atoms with van der Waals surface area (Å²) < 4.78 is 31.3. The van der Waals surface area contributed by atoms with Gasteiger partial charge in [0.2, 0.25) is 0 Å². The van der Waals surface area contributed by atoms with Crippen LogP contribution in [0.15, 0.2) is 0 Å². The molecule has 0 aromatic carbocycles. The lowest BCUT2D eigenvalue weighted by Gasteiger charge is -2.25. The van der Waals surface area contributed by atoms with Crippen LogP contribution in [0.2, 0.25) is 0 Å². The zero-order valence-corrected chi connectivity index (χ0v) is 19.4. The van der Waals surface area contributed by atoms with Crippen molar-refractivity contribution in [2.75, 3.05) is 11.5 Å². The molecule has 0 aromatic heterocycles. The van der Waals surface area contributed by atoms with Gasteiger partial charge in [-0.2, -0.15) is 11.8 Å². The molecule has 0 rings (SSSR count). The Morgan fingerprint density at radius 1 is 0.667 bits per heavy atom. The van der Waals surface area contributed by atoms with E-state index in [2.05, 4.69) is 0 Å². The molecule has 0 radical (unpaired) electrons. The third-order valence-corrected chi connectivity index (χ3v) is 6.49. The average Bonchev–Trinajstić information content (AvgIpc) is 2.39. The molecule has 0 fully saturated rings. The van der Waals surface area contributed by atoms with Gasteiger partial charge in [0.15, 0.2) is 0 Å². The van der Waals surface area contributed by atoms with Crippen LogP contribution in [-0.2, 0) is 18.2 Å². The molecule has 11 heteroatoms. The molecular weight excluding hydrogens is 414 g/mol. The van der Waals surface area contributed by atoms with Gasteiger partial charge in [0.05, 0.1) is 11.2 Å². The largest absolute Gasteiger partial charge is 0.470 e. The predicted octanol–water partition coefficient (Wildman–Crippen LogP) is 4.62. The van der Waals surface area contributed by atoms with Gasteiger partial charge in [-0.3, -0.25) is 9.05 Å². The van der Waals surface area contributed by atoms with Crippen LogP contribution in [0.1, 0.15) is 79.1 Å². The molecule has 0 heterocycles. The van der Waals surface area contributed by atoms with E-state index in [1.54, 1.807) is 27.7 Å². The first-order chi connectivity index (χ1) is 12.1. The maximum Gasteiger partial charge on any atom is 0.470 e. The molecule has 8 nitrogen and oxygen atoms in total. The third-order valence-electron chi connectivity index (χ3n) is 3.87. The summed E-state index contributed by atoms with van der Waals surface area (Å²) >= 11 is 1.88. The summed E-state index contributed by atoms with van der Waals surface area (Å²) in [6.07, 6.45) is 7.04. The minimum atomic E-state index is -4.44. The molecule has 0 amide bonds. The fourth-order valence-corrected chi connectivity index (χ4v) is 5.19. The first-order valence-corrected chi connectivity index (χ1v) is 13.4. The maximum atomic E-state index is 10.9. The SMILES string of the molecule is CC(C)(CCCCCSCCCCCC(C)(C)OP(=O)(O)O)OP(=O)(O)O. The minimum Gasteiger partial charge on any atom is -0.303 e. The van der Waals surface area contributed by atoms with Crippen molar-refractivity contribution in [2.24, 2.45) is 0 Å². The van der Waals surface area contributed by atoms with Crippen LogP contribution in [0, 0.1) is 0 Å². The second kappa shape index (κ2) is 12.3. The van der Waals surface area contributed by atoms with E-state index in [1.807, 2.05) is 11.8 Å². The fraction of sp³-hybridized carbons (Fsp3) is 1.00. The molecule has 0 aliphatic heterocycles. The molecule has 0 atom stereocenters. The van der Waals surface area contributed by atoms with Crippen LogP contribution in [0.25, 0.3) is 0 Å². The number of phosphoric acid groups is 2. The highest BCUT2D eigenvalue weighted by Gasteiger charge is 2.29. The highest BCUT2D eigenvalue weighted by Crippen LogP contribution is 2.43. The highest BCUT2D eigenvalue weighted by atomic mass is 32.2. The van der Waals surface area contributed by atoms with Crippen LogP contribution in [0.3, 0.4) is 0 Å². The quantitative estimate of drug-likeness (QED) is 0.196. The van der Waals surface area contributed by atoms with Gasteiger partial charge < -0.3 is 19.6 Å². The number of unbranched alkanes of at least 4 members (excludes halogenated alkanes) is 4. The zero-order valence-electron chi connectivity index (χ0n) is 16.8. The molecule has 0 aliphatic rings. The fourth-order valence-electron chi connectivity index (χ4n) is 2.70. The molecular formula is C16H36O8P2S. The van der Waals surface area contributed by atoms with Gasteiger partial charge in [-0.05, 0) is 64.9 Å². The minimum absolute atomic E-state index is 0.606. The summed E-state index contributed by atoms with van der Waals surface area (Å²) in [4.78, 5) is 35.4. The Kier molecular flexibility index (Phi) is 12.6. The molecule has 0 spiro atoms. The van der Waals surface area contributed by atoms with Crippen molar-refractivity contribution >= 4 is 27.4 Å². The average molecular weight is 450 g/mol. The predicted molar refractivity (Wildman–Crippen MR) is 109 cm³/mol. The number of thioether (sulfide) groups is 1.